The number of hydrogen-bond acceptors (Lipinski definition) is 4. The van der Waals surface area contributed by atoms with Gasteiger partial charge in [0.25, 0.3) is 0 Å². The minimum Gasteiger partial charge on any atom is -0.262 e. The first-order valence-corrected chi connectivity index (χ1v) is 2.67. The van der Waals surface area contributed by atoms with Gasteiger partial charge in [-0.25, -0.2) is 10.1 Å². The first-order chi connectivity index (χ1) is 3.98. The van der Waals surface area contributed by atoms with Crippen molar-refractivity contribution < 1.29 is 15.0 Å². The molecule has 0 aliphatic heterocycles. The third-order valence-corrected chi connectivity index (χ3v) is 0.622. The maximum absolute atomic E-state index is 8.19. The third kappa shape index (κ3) is 4.35. The monoisotopic (exact) mass is 135 g/mol. The van der Waals surface area contributed by atoms with Crippen molar-refractivity contribution in [3.05, 3.63) is 0 Å². The summed E-state index contributed by atoms with van der Waals surface area (Å²) < 4.78 is 0. The number of rotatable bonds is 3. The van der Waals surface area contributed by atoms with Gasteiger partial charge >= 0.3 is 0 Å². The lowest BCUT2D eigenvalue weighted by Crippen LogP contribution is -2.33. The van der Waals surface area contributed by atoms with Crippen LogP contribution in [0, 0.1) is 0 Å². The minimum absolute atomic E-state index is 0.955. The summed E-state index contributed by atoms with van der Waals surface area (Å²) in [6.07, 6.45) is 0. The van der Waals surface area contributed by atoms with E-state index in [0.29, 0.717) is 0 Å². The normalized spacial score (nSPS) is 12.7. The number of hydrogen-bond donors (Lipinski definition) is 1. The Morgan fingerprint density at radius 3 is 1.89 bits per heavy atom. The lowest BCUT2D eigenvalue weighted by molar-refractivity contribution is -0.432. The molecular formula is C5H13NO3. The van der Waals surface area contributed by atoms with Gasteiger partial charge in [0, 0.05) is 14.1 Å². The number of hydroxylamine groups is 2. The molecule has 0 unspecified atom stereocenters. The van der Waals surface area contributed by atoms with Crippen molar-refractivity contribution in [1.82, 2.24) is 5.06 Å². The van der Waals surface area contributed by atoms with Gasteiger partial charge < -0.3 is 0 Å². The molecule has 1 N–H and O–H groups in total. The topological polar surface area (TPSA) is 41.9 Å². The van der Waals surface area contributed by atoms with Crippen LogP contribution in [0.4, 0.5) is 0 Å². The van der Waals surface area contributed by atoms with Gasteiger partial charge in [0.2, 0.25) is 5.79 Å². The molecule has 0 aromatic carbocycles. The zero-order chi connectivity index (χ0) is 7.49. The van der Waals surface area contributed by atoms with Gasteiger partial charge in [-0.1, -0.05) is 0 Å². The summed E-state index contributed by atoms with van der Waals surface area (Å²) in [4.78, 5) is 8.93. The summed E-state index contributed by atoms with van der Waals surface area (Å²) in [5.74, 6) is -0.955. The van der Waals surface area contributed by atoms with Gasteiger partial charge in [0.15, 0.2) is 0 Å². The molecule has 0 bridgehead atoms. The van der Waals surface area contributed by atoms with E-state index < -0.39 is 5.79 Å². The van der Waals surface area contributed by atoms with Crippen molar-refractivity contribution in [2.75, 3.05) is 14.1 Å². The molecule has 0 aromatic rings. The zero-order valence-corrected chi connectivity index (χ0v) is 6.21. The molecule has 0 amide bonds. The molecule has 0 radical (unpaired) electrons. The molecule has 0 fully saturated rings. The van der Waals surface area contributed by atoms with Gasteiger partial charge in [0.05, 0.1) is 0 Å². The van der Waals surface area contributed by atoms with Crippen molar-refractivity contribution in [3.8, 4) is 0 Å². The van der Waals surface area contributed by atoms with Crippen LogP contribution in [0.25, 0.3) is 0 Å². The molecule has 0 aromatic heterocycles. The molecular weight excluding hydrogens is 122 g/mol. The van der Waals surface area contributed by atoms with E-state index in [1.807, 2.05) is 0 Å². The summed E-state index contributed by atoms with van der Waals surface area (Å²) >= 11 is 0. The Kier molecular flexibility index (Phi) is 3.07. The summed E-state index contributed by atoms with van der Waals surface area (Å²) in [5, 5.41) is 9.65. The van der Waals surface area contributed by atoms with Crippen LogP contribution in [0.1, 0.15) is 13.8 Å². The Morgan fingerprint density at radius 2 is 1.78 bits per heavy atom. The first kappa shape index (κ1) is 8.84. The van der Waals surface area contributed by atoms with E-state index in [4.69, 9.17) is 10.1 Å². The van der Waals surface area contributed by atoms with Crippen LogP contribution in [-0.2, 0) is 9.73 Å². The van der Waals surface area contributed by atoms with Crippen LogP contribution in [0.15, 0.2) is 0 Å². The second kappa shape index (κ2) is 3.12. The molecule has 9 heavy (non-hydrogen) atoms. The highest BCUT2D eigenvalue weighted by molar-refractivity contribution is 4.46. The lowest BCUT2D eigenvalue weighted by Gasteiger charge is -2.24. The van der Waals surface area contributed by atoms with Crippen LogP contribution < -0.4 is 0 Å². The second-order valence-electron chi connectivity index (χ2n) is 2.39. The highest BCUT2D eigenvalue weighted by Crippen LogP contribution is 2.08. The summed E-state index contributed by atoms with van der Waals surface area (Å²) in [5.41, 5.74) is 0. The molecule has 0 heterocycles. The predicted octanol–water partition coefficient (Wildman–Crippen LogP) is 0.705. The second-order valence-corrected chi connectivity index (χ2v) is 2.39. The van der Waals surface area contributed by atoms with E-state index in [9.17, 15) is 0 Å². The van der Waals surface area contributed by atoms with E-state index >= 15 is 0 Å². The van der Waals surface area contributed by atoms with Crippen molar-refractivity contribution >= 4 is 0 Å². The average molecular weight is 135 g/mol. The van der Waals surface area contributed by atoms with E-state index in [1.165, 1.54) is 5.06 Å². The fourth-order valence-electron chi connectivity index (χ4n) is 0.456. The molecule has 0 atom stereocenters. The van der Waals surface area contributed by atoms with Crippen molar-refractivity contribution in [2.24, 2.45) is 0 Å². The molecule has 0 spiro atoms. The van der Waals surface area contributed by atoms with E-state index in [1.54, 1.807) is 27.9 Å². The molecule has 4 nitrogen and oxygen atoms in total. The SMILES string of the molecule is CN(C)OC(C)(C)OO. The molecule has 0 saturated carbocycles. The van der Waals surface area contributed by atoms with Gasteiger partial charge in [0.1, 0.15) is 0 Å². The Labute approximate surface area is 54.9 Å². The highest BCUT2D eigenvalue weighted by atomic mass is 17.2. The van der Waals surface area contributed by atoms with Crippen LogP contribution in [-0.4, -0.2) is 30.2 Å². The summed E-state index contributed by atoms with van der Waals surface area (Å²) in [7, 11) is 3.42. The third-order valence-electron chi connectivity index (χ3n) is 0.622. The first-order valence-electron chi connectivity index (χ1n) is 2.67. The standard InChI is InChI=1S/C5H13NO3/c1-5(2,9-7)8-6(3)4/h7H,1-4H3. The smallest absolute Gasteiger partial charge is 0.214 e. The molecule has 0 aliphatic rings. The van der Waals surface area contributed by atoms with Crippen LogP contribution >= 0.6 is 0 Å². The highest BCUT2D eigenvalue weighted by Gasteiger charge is 2.20. The maximum atomic E-state index is 8.19. The molecule has 4 heteroatoms. The maximum Gasteiger partial charge on any atom is 0.214 e. The van der Waals surface area contributed by atoms with Crippen LogP contribution in [0.5, 0.6) is 0 Å². The zero-order valence-electron chi connectivity index (χ0n) is 6.21. The average Bonchev–Trinajstić information content (AvgIpc) is 1.63. The summed E-state index contributed by atoms with van der Waals surface area (Å²) in [6, 6.07) is 0. The molecule has 0 aliphatic carbocycles. The van der Waals surface area contributed by atoms with E-state index in [0.717, 1.165) is 0 Å². The molecule has 0 rings (SSSR count). The van der Waals surface area contributed by atoms with Gasteiger partial charge in [-0.15, -0.1) is 0 Å². The molecule has 56 valence electrons. The Hall–Kier alpha value is -0.160. The van der Waals surface area contributed by atoms with Crippen molar-refractivity contribution in [2.45, 2.75) is 19.6 Å². The fourth-order valence-corrected chi connectivity index (χ4v) is 0.456. The van der Waals surface area contributed by atoms with E-state index in [-0.39, 0.29) is 0 Å². The largest absolute Gasteiger partial charge is 0.262 e. The quantitative estimate of drug-likeness (QED) is 0.351. The minimum atomic E-state index is -0.955. The number of nitrogens with zero attached hydrogens (tertiary/aromatic N) is 1. The predicted molar refractivity (Wildman–Crippen MR) is 32.6 cm³/mol. The Morgan fingerprint density at radius 1 is 1.33 bits per heavy atom. The van der Waals surface area contributed by atoms with Crippen molar-refractivity contribution in [1.29, 1.82) is 0 Å². The molecule has 0 saturated heterocycles. The Balaban J connectivity index is 3.58. The van der Waals surface area contributed by atoms with Gasteiger partial charge in [-0.05, 0) is 13.8 Å². The van der Waals surface area contributed by atoms with Crippen LogP contribution in [0.2, 0.25) is 0 Å². The van der Waals surface area contributed by atoms with Gasteiger partial charge in [-0.2, -0.15) is 5.06 Å². The Bertz CT molecular complexity index is 82.3. The summed E-state index contributed by atoms with van der Waals surface area (Å²) in [6.45, 7) is 3.21. The van der Waals surface area contributed by atoms with Gasteiger partial charge in [-0.3, -0.25) is 4.84 Å². The van der Waals surface area contributed by atoms with E-state index in [2.05, 4.69) is 4.89 Å². The van der Waals surface area contributed by atoms with Crippen LogP contribution in [0.3, 0.4) is 0 Å². The lowest BCUT2D eigenvalue weighted by atomic mass is 10.4. The van der Waals surface area contributed by atoms with Crippen molar-refractivity contribution in [3.63, 3.8) is 0 Å². The fraction of sp³-hybridized carbons (Fsp3) is 1.00.